The van der Waals surface area contributed by atoms with Gasteiger partial charge in [-0.25, -0.2) is 4.98 Å². The number of nitrogens with one attached hydrogen (secondary N) is 1. The van der Waals surface area contributed by atoms with Crippen LogP contribution in [0.5, 0.6) is 5.88 Å². The van der Waals surface area contributed by atoms with Gasteiger partial charge in [-0.15, -0.1) is 0 Å². The van der Waals surface area contributed by atoms with E-state index in [-0.39, 0.29) is 5.41 Å². The smallest absolute Gasteiger partial charge is 0.225 e. The zero-order valence-corrected chi connectivity index (χ0v) is 10.9. The Morgan fingerprint density at radius 1 is 1.47 bits per heavy atom. The number of ether oxygens (including phenoxy) is 1. The second-order valence-electron chi connectivity index (χ2n) is 4.83. The summed E-state index contributed by atoms with van der Waals surface area (Å²) >= 11 is 0. The highest BCUT2D eigenvalue weighted by Gasteiger charge is 2.17. The first-order valence-electron chi connectivity index (χ1n) is 5.88. The lowest BCUT2D eigenvalue weighted by atomic mass is 9.88. The summed E-state index contributed by atoms with van der Waals surface area (Å²) in [7, 11) is 1.59. The number of methoxy groups -OCH3 is 1. The van der Waals surface area contributed by atoms with E-state index in [0.717, 1.165) is 25.9 Å². The molecule has 0 fully saturated rings. The molecule has 0 unspecified atom stereocenters. The molecule has 0 bridgehead atoms. The Morgan fingerprint density at radius 3 is 2.88 bits per heavy atom. The van der Waals surface area contributed by atoms with Crippen molar-refractivity contribution in [3.63, 3.8) is 0 Å². The zero-order valence-electron chi connectivity index (χ0n) is 10.9. The van der Waals surface area contributed by atoms with Gasteiger partial charge in [0, 0.05) is 18.8 Å². The van der Waals surface area contributed by atoms with Gasteiger partial charge in [0.1, 0.15) is 0 Å². The first-order chi connectivity index (χ1) is 8.07. The van der Waals surface area contributed by atoms with E-state index in [0.29, 0.717) is 11.8 Å². The Morgan fingerprint density at radius 2 is 2.24 bits per heavy atom. The van der Waals surface area contributed by atoms with Gasteiger partial charge < -0.3 is 15.8 Å². The number of nitrogens with zero attached hydrogens (tertiary/aromatic N) is 2. The molecule has 1 heterocycles. The molecule has 0 spiro atoms. The van der Waals surface area contributed by atoms with Crippen molar-refractivity contribution in [2.75, 3.05) is 25.5 Å². The summed E-state index contributed by atoms with van der Waals surface area (Å²) in [5.41, 5.74) is 5.71. The topological polar surface area (TPSA) is 73.1 Å². The van der Waals surface area contributed by atoms with Crippen LogP contribution < -0.4 is 15.8 Å². The molecule has 0 atom stereocenters. The van der Waals surface area contributed by atoms with Crippen molar-refractivity contribution in [1.82, 2.24) is 9.97 Å². The van der Waals surface area contributed by atoms with Crippen LogP contribution in [0, 0.1) is 5.41 Å². The highest BCUT2D eigenvalue weighted by molar-refractivity contribution is 5.27. The maximum atomic E-state index is 5.52. The molecule has 1 rings (SSSR count). The fraction of sp³-hybridized carbons (Fsp3) is 0.667. The highest BCUT2D eigenvalue weighted by atomic mass is 16.5. The predicted molar refractivity (Wildman–Crippen MR) is 69.1 cm³/mol. The van der Waals surface area contributed by atoms with Crippen LogP contribution in [0.1, 0.15) is 26.7 Å². The standard InChI is InChI=1S/C12H22N4O/c1-12(2,6-4-7-13)9-15-11-14-8-5-10(16-11)17-3/h5,8H,4,6-7,9,13H2,1-3H3,(H,14,15,16). The van der Waals surface area contributed by atoms with Gasteiger partial charge in [0.15, 0.2) is 0 Å². The first-order valence-corrected chi connectivity index (χ1v) is 5.88. The molecule has 3 N–H and O–H groups in total. The van der Waals surface area contributed by atoms with Crippen LogP contribution in [0.3, 0.4) is 0 Å². The summed E-state index contributed by atoms with van der Waals surface area (Å²) < 4.78 is 5.04. The molecule has 17 heavy (non-hydrogen) atoms. The molecule has 0 aliphatic rings. The monoisotopic (exact) mass is 238 g/mol. The van der Waals surface area contributed by atoms with E-state index >= 15 is 0 Å². The van der Waals surface area contributed by atoms with E-state index in [1.54, 1.807) is 19.4 Å². The lowest BCUT2D eigenvalue weighted by Crippen LogP contribution is -2.24. The van der Waals surface area contributed by atoms with Crippen molar-refractivity contribution in [2.24, 2.45) is 11.1 Å². The number of hydrogen-bond acceptors (Lipinski definition) is 5. The summed E-state index contributed by atoms with van der Waals surface area (Å²) in [5.74, 6) is 1.17. The summed E-state index contributed by atoms with van der Waals surface area (Å²) in [5, 5.41) is 3.23. The molecule has 0 aliphatic heterocycles. The third-order valence-corrected chi connectivity index (χ3v) is 2.62. The van der Waals surface area contributed by atoms with Crippen LogP contribution in [0.25, 0.3) is 0 Å². The van der Waals surface area contributed by atoms with Crippen LogP contribution >= 0.6 is 0 Å². The molecule has 0 saturated carbocycles. The molecule has 5 nitrogen and oxygen atoms in total. The molecule has 0 aliphatic carbocycles. The van der Waals surface area contributed by atoms with E-state index in [1.807, 2.05) is 0 Å². The normalized spacial score (nSPS) is 11.3. The maximum Gasteiger partial charge on any atom is 0.225 e. The molecule has 1 aromatic rings. The van der Waals surface area contributed by atoms with Crippen molar-refractivity contribution >= 4 is 5.95 Å². The summed E-state index contributed by atoms with van der Waals surface area (Å²) in [6.07, 6.45) is 3.80. The second kappa shape index (κ2) is 6.39. The average Bonchev–Trinajstić information content (AvgIpc) is 2.34. The third-order valence-electron chi connectivity index (χ3n) is 2.62. The van der Waals surface area contributed by atoms with E-state index in [9.17, 15) is 0 Å². The van der Waals surface area contributed by atoms with Crippen LogP contribution in [0.2, 0.25) is 0 Å². The lowest BCUT2D eigenvalue weighted by molar-refractivity contribution is 0.349. The van der Waals surface area contributed by atoms with Gasteiger partial charge in [-0.2, -0.15) is 4.98 Å². The molecule has 96 valence electrons. The number of hydrogen-bond donors (Lipinski definition) is 2. The van der Waals surface area contributed by atoms with E-state index < -0.39 is 0 Å². The number of nitrogens with two attached hydrogens (primary N) is 1. The molecular weight excluding hydrogens is 216 g/mol. The predicted octanol–water partition coefficient (Wildman–Crippen LogP) is 1.66. The summed E-state index contributed by atoms with van der Waals surface area (Å²) in [6.45, 7) is 5.96. The van der Waals surface area contributed by atoms with E-state index in [1.165, 1.54) is 0 Å². The first kappa shape index (κ1) is 13.7. The third kappa shape index (κ3) is 4.99. The van der Waals surface area contributed by atoms with Gasteiger partial charge >= 0.3 is 0 Å². The van der Waals surface area contributed by atoms with Crippen molar-refractivity contribution < 1.29 is 4.74 Å². The summed E-state index contributed by atoms with van der Waals surface area (Å²) in [4.78, 5) is 8.35. The molecule has 0 radical (unpaired) electrons. The van der Waals surface area contributed by atoms with Crippen molar-refractivity contribution in [2.45, 2.75) is 26.7 Å². The van der Waals surface area contributed by atoms with Gasteiger partial charge in [0.25, 0.3) is 0 Å². The zero-order chi connectivity index (χ0) is 12.7. The van der Waals surface area contributed by atoms with Gasteiger partial charge in [0.05, 0.1) is 7.11 Å². The van der Waals surface area contributed by atoms with Crippen molar-refractivity contribution in [3.8, 4) is 5.88 Å². The SMILES string of the molecule is COc1ccnc(NCC(C)(C)CCCN)n1. The van der Waals surface area contributed by atoms with E-state index in [2.05, 4.69) is 29.1 Å². The Labute approximate surface area is 103 Å². The minimum absolute atomic E-state index is 0.186. The molecule has 0 saturated heterocycles. The largest absolute Gasteiger partial charge is 0.481 e. The van der Waals surface area contributed by atoms with Crippen molar-refractivity contribution in [3.05, 3.63) is 12.3 Å². The molecule has 0 aromatic carbocycles. The number of anilines is 1. The Kier molecular flexibility index (Phi) is 5.15. The Balaban J connectivity index is 2.48. The van der Waals surface area contributed by atoms with Gasteiger partial charge in [-0.05, 0) is 24.8 Å². The van der Waals surface area contributed by atoms with E-state index in [4.69, 9.17) is 10.5 Å². The minimum Gasteiger partial charge on any atom is -0.481 e. The molecule has 0 amide bonds. The Bertz CT molecular complexity index is 341. The molecular formula is C12H22N4O. The minimum atomic E-state index is 0.186. The quantitative estimate of drug-likeness (QED) is 0.756. The molecule has 1 aromatic heterocycles. The average molecular weight is 238 g/mol. The van der Waals surface area contributed by atoms with Crippen molar-refractivity contribution in [1.29, 1.82) is 0 Å². The van der Waals surface area contributed by atoms with Gasteiger partial charge in [-0.3, -0.25) is 0 Å². The second-order valence-corrected chi connectivity index (χ2v) is 4.83. The van der Waals surface area contributed by atoms with Crippen LogP contribution in [-0.4, -0.2) is 30.2 Å². The maximum absolute atomic E-state index is 5.52. The van der Waals surface area contributed by atoms with Crippen LogP contribution in [-0.2, 0) is 0 Å². The fourth-order valence-electron chi connectivity index (χ4n) is 1.53. The highest BCUT2D eigenvalue weighted by Crippen LogP contribution is 2.22. The summed E-state index contributed by atoms with van der Waals surface area (Å²) in [6, 6.07) is 1.73. The van der Waals surface area contributed by atoms with Gasteiger partial charge in [0.2, 0.25) is 11.8 Å². The fourth-order valence-corrected chi connectivity index (χ4v) is 1.53. The van der Waals surface area contributed by atoms with Gasteiger partial charge in [-0.1, -0.05) is 13.8 Å². The number of rotatable bonds is 7. The van der Waals surface area contributed by atoms with Crippen LogP contribution in [0.4, 0.5) is 5.95 Å². The molecule has 5 heteroatoms. The van der Waals surface area contributed by atoms with Crippen LogP contribution in [0.15, 0.2) is 12.3 Å². The lowest BCUT2D eigenvalue weighted by Gasteiger charge is -2.24. The Hall–Kier alpha value is -1.36. The number of aromatic nitrogens is 2.